The highest BCUT2D eigenvalue weighted by molar-refractivity contribution is 5.77. The number of hydrogen-bond acceptors (Lipinski definition) is 3. The molecule has 1 aliphatic rings. The highest BCUT2D eigenvalue weighted by Gasteiger charge is 2.20. The maximum absolute atomic E-state index is 12.4. The predicted octanol–water partition coefficient (Wildman–Crippen LogP) is 2.45. The van der Waals surface area contributed by atoms with Crippen LogP contribution in [0.4, 0.5) is 0 Å². The van der Waals surface area contributed by atoms with E-state index in [1.165, 1.54) is 12.8 Å². The van der Waals surface area contributed by atoms with E-state index < -0.39 is 0 Å². The van der Waals surface area contributed by atoms with E-state index in [0.717, 1.165) is 38.2 Å². The molecule has 21 heavy (non-hydrogen) atoms. The maximum atomic E-state index is 12.4. The molecule has 1 aromatic rings. The van der Waals surface area contributed by atoms with Gasteiger partial charge in [0, 0.05) is 19.1 Å². The van der Waals surface area contributed by atoms with Gasteiger partial charge in [0.25, 0.3) is 5.91 Å². The monoisotopic (exact) mass is 290 g/mol. The molecule has 0 saturated carbocycles. The second-order valence-corrected chi connectivity index (χ2v) is 5.59. The minimum absolute atomic E-state index is 0.0769. The van der Waals surface area contributed by atoms with Crippen molar-refractivity contribution in [3.8, 4) is 5.75 Å². The molecule has 1 saturated heterocycles. The van der Waals surface area contributed by atoms with Gasteiger partial charge in [-0.15, -0.1) is 0 Å². The fourth-order valence-electron chi connectivity index (χ4n) is 2.69. The topological polar surface area (TPSA) is 41.6 Å². The molecule has 1 aromatic carbocycles. The normalized spacial score (nSPS) is 18.2. The fourth-order valence-corrected chi connectivity index (χ4v) is 2.69. The Hall–Kier alpha value is -1.55. The zero-order valence-electron chi connectivity index (χ0n) is 12.9. The van der Waals surface area contributed by atoms with Crippen LogP contribution in [0.25, 0.3) is 0 Å². The lowest BCUT2D eigenvalue weighted by atomic mass is 10.0. The van der Waals surface area contributed by atoms with Crippen molar-refractivity contribution in [1.29, 1.82) is 0 Å². The van der Waals surface area contributed by atoms with Crippen molar-refractivity contribution >= 4 is 5.91 Å². The molecule has 1 amide bonds. The SMILES string of the molecule is CCCN(CC1CCCCN1)C(=O)COc1ccccc1. The largest absolute Gasteiger partial charge is 0.484 e. The number of nitrogens with one attached hydrogen (secondary N) is 1. The van der Waals surface area contributed by atoms with Crippen molar-refractivity contribution in [2.24, 2.45) is 0 Å². The first-order valence-electron chi connectivity index (χ1n) is 7.98. The number of hydrogen-bond donors (Lipinski definition) is 1. The van der Waals surface area contributed by atoms with Gasteiger partial charge in [-0.3, -0.25) is 4.79 Å². The van der Waals surface area contributed by atoms with Gasteiger partial charge in [0.05, 0.1) is 0 Å². The first-order chi connectivity index (χ1) is 10.3. The summed E-state index contributed by atoms with van der Waals surface area (Å²) in [4.78, 5) is 14.3. The van der Waals surface area contributed by atoms with Crippen LogP contribution < -0.4 is 10.1 Å². The lowest BCUT2D eigenvalue weighted by molar-refractivity contribution is -0.133. The summed E-state index contributed by atoms with van der Waals surface area (Å²) < 4.78 is 5.57. The molecule has 0 aromatic heterocycles. The van der Waals surface area contributed by atoms with Crippen LogP contribution in [0.2, 0.25) is 0 Å². The third-order valence-corrected chi connectivity index (χ3v) is 3.80. The highest BCUT2D eigenvalue weighted by atomic mass is 16.5. The Morgan fingerprint density at radius 3 is 2.81 bits per heavy atom. The van der Waals surface area contributed by atoms with Gasteiger partial charge in [0.1, 0.15) is 5.75 Å². The smallest absolute Gasteiger partial charge is 0.260 e. The van der Waals surface area contributed by atoms with Crippen molar-refractivity contribution in [2.45, 2.75) is 38.6 Å². The molecule has 0 bridgehead atoms. The lowest BCUT2D eigenvalue weighted by Gasteiger charge is -2.30. The van der Waals surface area contributed by atoms with E-state index >= 15 is 0 Å². The lowest BCUT2D eigenvalue weighted by Crippen LogP contribution is -2.47. The van der Waals surface area contributed by atoms with Crippen LogP contribution in [0.15, 0.2) is 30.3 Å². The number of carbonyl (C=O) groups is 1. The van der Waals surface area contributed by atoms with Crippen LogP contribution in [0.5, 0.6) is 5.75 Å². The van der Waals surface area contributed by atoms with Gasteiger partial charge >= 0.3 is 0 Å². The molecule has 4 heteroatoms. The summed E-state index contributed by atoms with van der Waals surface area (Å²) in [6.07, 6.45) is 4.64. The maximum Gasteiger partial charge on any atom is 0.260 e. The quantitative estimate of drug-likeness (QED) is 0.838. The summed E-state index contributed by atoms with van der Waals surface area (Å²) in [7, 11) is 0. The van der Waals surface area contributed by atoms with Gasteiger partial charge < -0.3 is 15.0 Å². The van der Waals surface area contributed by atoms with Crippen LogP contribution in [-0.4, -0.2) is 43.1 Å². The number of ether oxygens (including phenoxy) is 1. The molecular weight excluding hydrogens is 264 g/mol. The summed E-state index contributed by atoms with van der Waals surface area (Å²) in [5.74, 6) is 0.825. The number of amides is 1. The summed E-state index contributed by atoms with van der Waals surface area (Å²) in [5.41, 5.74) is 0. The molecule has 0 spiro atoms. The first-order valence-corrected chi connectivity index (χ1v) is 7.98. The highest BCUT2D eigenvalue weighted by Crippen LogP contribution is 2.11. The number of carbonyl (C=O) groups excluding carboxylic acids is 1. The Morgan fingerprint density at radius 2 is 2.14 bits per heavy atom. The van der Waals surface area contributed by atoms with E-state index in [2.05, 4.69) is 12.2 Å². The van der Waals surface area contributed by atoms with E-state index in [0.29, 0.717) is 6.04 Å². The van der Waals surface area contributed by atoms with Crippen molar-refractivity contribution in [3.63, 3.8) is 0 Å². The third kappa shape index (κ3) is 5.38. The Morgan fingerprint density at radius 1 is 1.33 bits per heavy atom. The molecule has 1 unspecified atom stereocenters. The minimum atomic E-state index is 0.0769. The molecule has 0 aliphatic carbocycles. The van der Waals surface area contributed by atoms with E-state index in [1.54, 1.807) is 0 Å². The summed E-state index contributed by atoms with van der Waals surface area (Å²) in [6.45, 7) is 4.89. The van der Waals surface area contributed by atoms with Crippen molar-refractivity contribution in [1.82, 2.24) is 10.2 Å². The second-order valence-electron chi connectivity index (χ2n) is 5.59. The van der Waals surface area contributed by atoms with E-state index in [4.69, 9.17) is 4.74 Å². The summed E-state index contributed by atoms with van der Waals surface area (Å²) in [5, 5.41) is 3.50. The standard InChI is InChI=1S/C17H26N2O2/c1-2-12-19(13-15-8-6-7-11-18-15)17(20)14-21-16-9-4-3-5-10-16/h3-5,9-10,15,18H,2,6-8,11-14H2,1H3. The number of nitrogens with zero attached hydrogens (tertiary/aromatic N) is 1. The van der Waals surface area contributed by atoms with Crippen LogP contribution in [0, 0.1) is 0 Å². The summed E-state index contributed by atoms with van der Waals surface area (Å²) >= 11 is 0. The van der Waals surface area contributed by atoms with Crippen molar-refractivity contribution in [3.05, 3.63) is 30.3 Å². The molecule has 1 atom stereocenters. The molecule has 116 valence electrons. The number of benzene rings is 1. The van der Waals surface area contributed by atoms with Gasteiger partial charge in [-0.25, -0.2) is 0 Å². The number of para-hydroxylation sites is 1. The van der Waals surface area contributed by atoms with Crippen molar-refractivity contribution < 1.29 is 9.53 Å². The van der Waals surface area contributed by atoms with E-state index in [-0.39, 0.29) is 12.5 Å². The summed E-state index contributed by atoms with van der Waals surface area (Å²) in [6, 6.07) is 9.95. The Labute approximate surface area is 127 Å². The third-order valence-electron chi connectivity index (χ3n) is 3.80. The average Bonchev–Trinajstić information content (AvgIpc) is 2.54. The Bertz CT molecular complexity index is 416. The molecular formula is C17H26N2O2. The molecule has 4 nitrogen and oxygen atoms in total. The van der Waals surface area contributed by atoms with Gasteiger partial charge in [-0.05, 0) is 37.9 Å². The second kappa shape index (κ2) is 8.67. The van der Waals surface area contributed by atoms with Gasteiger partial charge in [-0.2, -0.15) is 0 Å². The molecule has 1 fully saturated rings. The molecule has 1 aliphatic heterocycles. The van der Waals surface area contributed by atoms with E-state index in [1.807, 2.05) is 35.2 Å². The first kappa shape index (κ1) is 15.8. The van der Waals surface area contributed by atoms with Gasteiger partial charge in [-0.1, -0.05) is 31.5 Å². The number of rotatable bonds is 7. The van der Waals surface area contributed by atoms with Crippen molar-refractivity contribution in [2.75, 3.05) is 26.2 Å². The molecule has 1 N–H and O–H groups in total. The molecule has 0 radical (unpaired) electrons. The Kier molecular flexibility index (Phi) is 6.54. The minimum Gasteiger partial charge on any atom is -0.484 e. The van der Waals surface area contributed by atoms with Crippen LogP contribution >= 0.6 is 0 Å². The molecule has 1 heterocycles. The van der Waals surface area contributed by atoms with E-state index in [9.17, 15) is 4.79 Å². The zero-order chi connectivity index (χ0) is 14.9. The molecule has 2 rings (SSSR count). The fraction of sp³-hybridized carbons (Fsp3) is 0.588. The Balaban J connectivity index is 1.82. The number of piperidine rings is 1. The zero-order valence-corrected chi connectivity index (χ0v) is 12.9. The van der Waals surface area contributed by atoms with Crippen LogP contribution in [-0.2, 0) is 4.79 Å². The van der Waals surface area contributed by atoms with Crippen LogP contribution in [0.3, 0.4) is 0 Å². The van der Waals surface area contributed by atoms with Gasteiger partial charge in [0.15, 0.2) is 6.61 Å². The average molecular weight is 290 g/mol. The van der Waals surface area contributed by atoms with Crippen LogP contribution in [0.1, 0.15) is 32.6 Å². The van der Waals surface area contributed by atoms with Gasteiger partial charge in [0.2, 0.25) is 0 Å². The predicted molar refractivity (Wildman–Crippen MR) is 84.4 cm³/mol.